The minimum Gasteiger partial charge on any atom is -0.507 e. The zero-order valence-corrected chi connectivity index (χ0v) is 15.3. The molecule has 0 saturated carbocycles. The lowest BCUT2D eigenvalue weighted by molar-refractivity contribution is -0.139. The lowest BCUT2D eigenvalue weighted by Gasteiger charge is -2.36. The summed E-state index contributed by atoms with van der Waals surface area (Å²) in [7, 11) is 1.38. The molecule has 3 N–H and O–H groups in total. The van der Waals surface area contributed by atoms with Crippen molar-refractivity contribution in [1.29, 1.82) is 0 Å². The summed E-state index contributed by atoms with van der Waals surface area (Å²) in [6, 6.07) is 6.01. The predicted molar refractivity (Wildman–Crippen MR) is 96.9 cm³/mol. The zero-order valence-electron chi connectivity index (χ0n) is 15.3. The molecule has 0 heterocycles. The molecule has 0 saturated heterocycles. The number of Topliss-reactive ketones (excluding diaryl/α,β-unsaturated/α-hetero) is 1. The second-order valence-electron chi connectivity index (χ2n) is 7.25. The van der Waals surface area contributed by atoms with Gasteiger partial charge < -0.3 is 20.1 Å². The molecular weight excluding hydrogens is 364 g/mol. The molecule has 0 spiro atoms. The van der Waals surface area contributed by atoms with Gasteiger partial charge in [0.15, 0.2) is 11.6 Å². The van der Waals surface area contributed by atoms with Crippen molar-refractivity contribution in [1.82, 2.24) is 0 Å². The fourth-order valence-corrected chi connectivity index (χ4v) is 4.14. The van der Waals surface area contributed by atoms with Crippen molar-refractivity contribution in [2.45, 2.75) is 31.5 Å². The number of methoxy groups -OCH3 is 1. The van der Waals surface area contributed by atoms with E-state index in [9.17, 15) is 29.7 Å². The fraction of sp³-hybridized carbons (Fsp3) is 0.286. The predicted octanol–water partition coefficient (Wildman–Crippen LogP) is 1.48. The number of ether oxygens (including phenoxy) is 1. The summed E-state index contributed by atoms with van der Waals surface area (Å²) in [5.41, 5.74) is -1.49. The van der Waals surface area contributed by atoms with Gasteiger partial charge in [-0.05, 0) is 24.6 Å². The Kier molecular flexibility index (Phi) is 3.92. The first-order chi connectivity index (χ1) is 13.2. The monoisotopic (exact) mass is 382 g/mol. The molecule has 0 radical (unpaired) electrons. The number of fused-ring (bicyclic) bond motifs is 3. The number of benzene rings is 2. The van der Waals surface area contributed by atoms with Gasteiger partial charge in [0.1, 0.15) is 17.1 Å². The van der Waals surface area contributed by atoms with Crippen molar-refractivity contribution in [3.8, 4) is 11.5 Å². The molecule has 0 aliphatic heterocycles. The third-order valence-electron chi connectivity index (χ3n) is 5.62. The van der Waals surface area contributed by atoms with Crippen LogP contribution in [0.25, 0.3) is 0 Å². The highest BCUT2D eigenvalue weighted by Gasteiger charge is 2.45. The van der Waals surface area contributed by atoms with Crippen LogP contribution in [0.1, 0.15) is 62.4 Å². The smallest absolute Gasteiger partial charge is 0.201 e. The molecule has 28 heavy (non-hydrogen) atoms. The Bertz CT molecular complexity index is 1070. The Morgan fingerprint density at radius 1 is 1.18 bits per heavy atom. The van der Waals surface area contributed by atoms with Gasteiger partial charge in [-0.1, -0.05) is 12.1 Å². The van der Waals surface area contributed by atoms with E-state index in [1.165, 1.54) is 26.2 Å². The standard InChI is InChI=1S/C21H18O7/c1-9(22)21(27)7-10-6-12-17(19(25)15(10)13(23)8-21)20(26)16-11(18(12)24)4-3-5-14(16)28-2/h3-6,13,23,25,27H,7-8H2,1-2H3/t13-,21-/m1/s1. The average molecular weight is 382 g/mol. The highest BCUT2D eigenvalue weighted by Crippen LogP contribution is 2.46. The molecule has 0 bridgehead atoms. The lowest BCUT2D eigenvalue weighted by atomic mass is 9.73. The van der Waals surface area contributed by atoms with Crippen LogP contribution in [0, 0.1) is 0 Å². The molecule has 0 aromatic heterocycles. The first kappa shape index (κ1) is 18.3. The van der Waals surface area contributed by atoms with Crippen LogP contribution in [0.5, 0.6) is 11.5 Å². The molecule has 2 aliphatic rings. The van der Waals surface area contributed by atoms with E-state index in [-0.39, 0.29) is 52.0 Å². The molecule has 2 aromatic rings. The Morgan fingerprint density at radius 2 is 1.89 bits per heavy atom. The van der Waals surface area contributed by atoms with E-state index < -0.39 is 34.8 Å². The number of aliphatic hydroxyl groups is 2. The van der Waals surface area contributed by atoms with Crippen LogP contribution in [0.2, 0.25) is 0 Å². The van der Waals surface area contributed by atoms with Crippen molar-refractivity contribution in [2.75, 3.05) is 7.11 Å². The molecule has 2 aromatic carbocycles. The quantitative estimate of drug-likeness (QED) is 0.614. The lowest BCUT2D eigenvalue weighted by Crippen LogP contribution is -2.44. The third-order valence-corrected chi connectivity index (χ3v) is 5.62. The van der Waals surface area contributed by atoms with Crippen LogP contribution in [-0.2, 0) is 11.2 Å². The van der Waals surface area contributed by atoms with Crippen LogP contribution in [0.4, 0.5) is 0 Å². The summed E-state index contributed by atoms with van der Waals surface area (Å²) in [5.74, 6) is -1.87. The molecular formula is C21H18O7. The van der Waals surface area contributed by atoms with Gasteiger partial charge in [-0.3, -0.25) is 14.4 Å². The Hall–Kier alpha value is -3.03. The topological polar surface area (TPSA) is 121 Å². The number of carbonyl (C=O) groups is 3. The van der Waals surface area contributed by atoms with Crippen LogP contribution in [0.3, 0.4) is 0 Å². The summed E-state index contributed by atoms with van der Waals surface area (Å²) >= 11 is 0. The highest BCUT2D eigenvalue weighted by molar-refractivity contribution is 6.30. The van der Waals surface area contributed by atoms with Gasteiger partial charge in [0.05, 0.1) is 24.3 Å². The number of aliphatic hydroxyl groups excluding tert-OH is 1. The van der Waals surface area contributed by atoms with E-state index >= 15 is 0 Å². The number of phenolic OH excluding ortho intramolecular Hbond substituents is 1. The Morgan fingerprint density at radius 3 is 2.54 bits per heavy atom. The first-order valence-electron chi connectivity index (χ1n) is 8.76. The van der Waals surface area contributed by atoms with Gasteiger partial charge >= 0.3 is 0 Å². The molecule has 2 atom stereocenters. The number of ketones is 3. The van der Waals surface area contributed by atoms with Gasteiger partial charge in [-0.25, -0.2) is 0 Å². The van der Waals surface area contributed by atoms with Crippen LogP contribution in [-0.4, -0.2) is 45.4 Å². The van der Waals surface area contributed by atoms with Gasteiger partial charge in [-0.15, -0.1) is 0 Å². The number of phenols is 1. The Balaban J connectivity index is 1.97. The summed E-state index contributed by atoms with van der Waals surface area (Å²) in [4.78, 5) is 38.0. The second-order valence-corrected chi connectivity index (χ2v) is 7.25. The minimum absolute atomic E-state index is 0.0259. The van der Waals surface area contributed by atoms with Gasteiger partial charge in [0, 0.05) is 29.5 Å². The minimum atomic E-state index is -1.80. The van der Waals surface area contributed by atoms with Crippen molar-refractivity contribution in [3.05, 3.63) is 57.6 Å². The zero-order chi connectivity index (χ0) is 20.4. The van der Waals surface area contributed by atoms with E-state index in [1.54, 1.807) is 12.1 Å². The number of hydrogen-bond acceptors (Lipinski definition) is 7. The van der Waals surface area contributed by atoms with Gasteiger partial charge in [0.25, 0.3) is 0 Å². The second kappa shape index (κ2) is 5.98. The summed E-state index contributed by atoms with van der Waals surface area (Å²) in [6.45, 7) is 1.22. The molecule has 0 amide bonds. The Labute approximate surface area is 160 Å². The number of carbonyl (C=O) groups excluding carboxylic acids is 3. The maximum absolute atomic E-state index is 13.1. The molecule has 4 rings (SSSR count). The van der Waals surface area contributed by atoms with Gasteiger partial charge in [0.2, 0.25) is 5.78 Å². The SMILES string of the molecule is COc1cccc2c1C(=O)c1c(cc3c(c1O)[C@H](O)C[C@@](O)(C(C)=O)C3)C2=O. The molecule has 0 fully saturated rings. The maximum atomic E-state index is 13.1. The summed E-state index contributed by atoms with van der Waals surface area (Å²) in [6.07, 6.45) is -1.82. The van der Waals surface area contributed by atoms with Crippen molar-refractivity contribution in [3.63, 3.8) is 0 Å². The molecule has 7 nitrogen and oxygen atoms in total. The third kappa shape index (κ3) is 2.33. The van der Waals surface area contributed by atoms with Crippen LogP contribution < -0.4 is 4.74 Å². The fourth-order valence-electron chi connectivity index (χ4n) is 4.14. The highest BCUT2D eigenvalue weighted by atomic mass is 16.5. The average Bonchev–Trinajstić information content (AvgIpc) is 2.64. The van der Waals surface area contributed by atoms with E-state index in [0.29, 0.717) is 0 Å². The molecule has 0 unspecified atom stereocenters. The molecule has 7 heteroatoms. The van der Waals surface area contributed by atoms with Crippen LogP contribution in [0.15, 0.2) is 24.3 Å². The molecule has 2 aliphatic carbocycles. The number of hydrogen-bond donors (Lipinski definition) is 3. The van der Waals surface area contributed by atoms with Crippen molar-refractivity contribution < 1.29 is 34.4 Å². The van der Waals surface area contributed by atoms with E-state index in [4.69, 9.17) is 4.74 Å². The van der Waals surface area contributed by atoms with E-state index in [0.717, 1.165) is 0 Å². The maximum Gasteiger partial charge on any atom is 0.201 e. The van der Waals surface area contributed by atoms with Crippen LogP contribution >= 0.6 is 0 Å². The van der Waals surface area contributed by atoms with Gasteiger partial charge in [-0.2, -0.15) is 0 Å². The normalized spacial score (nSPS) is 22.9. The van der Waals surface area contributed by atoms with E-state index in [2.05, 4.69) is 0 Å². The number of aromatic hydroxyl groups is 1. The largest absolute Gasteiger partial charge is 0.507 e. The summed E-state index contributed by atoms with van der Waals surface area (Å²) in [5, 5.41) is 31.8. The van der Waals surface area contributed by atoms with Crippen molar-refractivity contribution in [2.24, 2.45) is 0 Å². The summed E-state index contributed by atoms with van der Waals surface area (Å²) < 4.78 is 5.20. The number of rotatable bonds is 2. The first-order valence-corrected chi connectivity index (χ1v) is 8.76. The van der Waals surface area contributed by atoms with E-state index in [1.807, 2.05) is 0 Å². The molecule has 144 valence electrons. The van der Waals surface area contributed by atoms with Crippen molar-refractivity contribution >= 4 is 17.3 Å².